The summed E-state index contributed by atoms with van der Waals surface area (Å²) in [5.74, 6) is 3.99. The second-order valence-electron chi connectivity index (χ2n) is 13.7. The van der Waals surface area contributed by atoms with E-state index in [0.29, 0.717) is 11.8 Å². The predicted octanol–water partition coefficient (Wildman–Crippen LogP) is 9.17. The van der Waals surface area contributed by atoms with Gasteiger partial charge in [0.05, 0.1) is 0 Å². The summed E-state index contributed by atoms with van der Waals surface area (Å²) in [6.45, 7) is 0. The zero-order chi connectivity index (χ0) is 28.3. The fourth-order valence-corrected chi connectivity index (χ4v) is 10.8. The van der Waals surface area contributed by atoms with Crippen LogP contribution in [0.4, 0.5) is 0 Å². The number of rotatable bonds is 3. The van der Waals surface area contributed by atoms with Crippen molar-refractivity contribution in [2.24, 2.45) is 23.7 Å². The smallest absolute Gasteiger partial charge is 0.504 e. The van der Waals surface area contributed by atoms with Crippen molar-refractivity contribution in [1.29, 1.82) is 0 Å². The molecule has 0 saturated heterocycles. The van der Waals surface area contributed by atoms with Gasteiger partial charge >= 0.3 is 7.69 Å². The number of benzene rings is 6. The normalized spacial score (nSPS) is 26.3. The lowest BCUT2D eigenvalue weighted by molar-refractivity contribution is -0.0393. The molecule has 0 aliphatic heterocycles. The van der Waals surface area contributed by atoms with E-state index >= 15 is 0 Å². The summed E-state index contributed by atoms with van der Waals surface area (Å²) in [7, 11) is -0.345. The molecular formula is C40H33BO2. The van der Waals surface area contributed by atoms with Crippen LogP contribution >= 0.6 is 0 Å². The molecule has 1 spiro atoms. The van der Waals surface area contributed by atoms with Crippen molar-refractivity contribution in [1.82, 2.24) is 0 Å². The quantitative estimate of drug-likeness (QED) is 0.174. The average Bonchev–Trinajstić information content (AvgIpc) is 3.35. The van der Waals surface area contributed by atoms with Crippen molar-refractivity contribution >= 4 is 40.0 Å². The van der Waals surface area contributed by atoms with Crippen LogP contribution in [-0.2, 0) is 5.41 Å². The fraction of sp³-hybridized carbons (Fsp3) is 0.250. The second kappa shape index (κ2) is 8.74. The molecule has 0 heterocycles. The zero-order valence-corrected chi connectivity index (χ0v) is 24.2. The van der Waals surface area contributed by atoms with Gasteiger partial charge in [-0.3, -0.25) is 0 Å². The van der Waals surface area contributed by atoms with Crippen LogP contribution in [0.2, 0.25) is 0 Å². The molecule has 208 valence electrons. The lowest BCUT2D eigenvalue weighted by atomic mass is 9.43. The largest absolute Gasteiger partial charge is 0.538 e. The van der Waals surface area contributed by atoms with Gasteiger partial charge in [-0.15, -0.1) is 0 Å². The van der Waals surface area contributed by atoms with Crippen LogP contribution in [0, 0.1) is 23.7 Å². The van der Waals surface area contributed by atoms with E-state index in [0.717, 1.165) is 28.4 Å². The fourth-order valence-electron chi connectivity index (χ4n) is 10.8. The SMILES string of the molecule is OBOc1c2ccccc2c(-c2cccc3c2-c2ccc4ccccc4c2C32C3CC4CC(C3)CC2C4)c2ccccc12. The molecule has 43 heavy (non-hydrogen) atoms. The third-order valence-electron chi connectivity index (χ3n) is 11.9. The van der Waals surface area contributed by atoms with E-state index in [-0.39, 0.29) is 13.1 Å². The monoisotopic (exact) mass is 556 g/mol. The second-order valence-corrected chi connectivity index (χ2v) is 13.7. The Hall–Kier alpha value is -4.08. The highest BCUT2D eigenvalue weighted by molar-refractivity contribution is 6.23. The standard InChI is InChI=1S/C40H33BO2/c42-41-43-39-31-12-5-3-10-29(31)36(30-11-4-6-13-32(30)39)33-14-7-15-35-37(33)34-17-16-25-8-1-2-9-28(25)38(34)40(35)26-19-23-18-24(21-26)22-27(40)20-23/h1-17,23-24,26-27,41-42H,18-22H2. The Balaban J connectivity index is 1.36. The molecule has 6 aromatic rings. The Bertz CT molecular complexity index is 2040. The van der Waals surface area contributed by atoms with Crippen LogP contribution < -0.4 is 4.65 Å². The van der Waals surface area contributed by atoms with E-state index in [2.05, 4.69) is 103 Å². The minimum Gasteiger partial charge on any atom is -0.538 e. The van der Waals surface area contributed by atoms with E-state index in [4.69, 9.17) is 4.65 Å². The minimum atomic E-state index is -0.345. The molecule has 4 bridgehead atoms. The van der Waals surface area contributed by atoms with Crippen LogP contribution in [0.5, 0.6) is 5.75 Å². The van der Waals surface area contributed by atoms with Gasteiger partial charge in [0.15, 0.2) is 0 Å². The van der Waals surface area contributed by atoms with Crippen LogP contribution in [-0.4, -0.2) is 12.7 Å². The maximum absolute atomic E-state index is 9.87. The van der Waals surface area contributed by atoms with Crippen molar-refractivity contribution < 1.29 is 9.68 Å². The molecule has 4 saturated carbocycles. The maximum atomic E-state index is 9.87. The first kappa shape index (κ1) is 24.4. The van der Waals surface area contributed by atoms with Crippen molar-refractivity contribution in [2.45, 2.75) is 37.5 Å². The summed E-state index contributed by atoms with van der Waals surface area (Å²) in [4.78, 5) is 0. The van der Waals surface area contributed by atoms with Gasteiger partial charge in [-0.2, -0.15) is 0 Å². The maximum Gasteiger partial charge on any atom is 0.504 e. The average molecular weight is 557 g/mol. The first-order valence-corrected chi connectivity index (χ1v) is 16.1. The lowest BCUT2D eigenvalue weighted by Crippen LogP contribution is -2.55. The molecule has 11 rings (SSSR count). The topological polar surface area (TPSA) is 29.5 Å². The molecule has 2 nitrogen and oxygen atoms in total. The van der Waals surface area contributed by atoms with Gasteiger partial charge in [0.2, 0.25) is 0 Å². The Morgan fingerprint density at radius 3 is 1.81 bits per heavy atom. The molecule has 5 aliphatic rings. The van der Waals surface area contributed by atoms with E-state index in [1.807, 2.05) is 0 Å². The van der Waals surface area contributed by atoms with Gasteiger partial charge in [-0.25, -0.2) is 0 Å². The summed E-state index contributed by atoms with van der Waals surface area (Å²) in [5.41, 5.74) is 8.77. The Labute approximate surface area is 252 Å². The van der Waals surface area contributed by atoms with Crippen LogP contribution in [0.15, 0.2) is 103 Å². The minimum absolute atomic E-state index is 0.0838. The van der Waals surface area contributed by atoms with Gasteiger partial charge in [0, 0.05) is 16.2 Å². The van der Waals surface area contributed by atoms with Crippen LogP contribution in [0.3, 0.4) is 0 Å². The van der Waals surface area contributed by atoms with Gasteiger partial charge in [-0.1, -0.05) is 103 Å². The Kier molecular flexibility index (Phi) is 4.95. The molecule has 0 unspecified atom stereocenters. The number of hydrogen-bond acceptors (Lipinski definition) is 2. The summed E-state index contributed by atoms with van der Waals surface area (Å²) >= 11 is 0. The molecule has 0 aromatic heterocycles. The first-order valence-electron chi connectivity index (χ1n) is 16.1. The highest BCUT2D eigenvalue weighted by atomic mass is 16.5. The molecule has 1 N–H and O–H groups in total. The molecule has 4 fully saturated rings. The van der Waals surface area contributed by atoms with Crippen molar-refractivity contribution in [2.75, 3.05) is 0 Å². The third-order valence-corrected chi connectivity index (χ3v) is 11.9. The van der Waals surface area contributed by atoms with Gasteiger partial charge in [-0.05, 0) is 111 Å². The number of fused-ring (bicyclic) bond motifs is 7. The van der Waals surface area contributed by atoms with Crippen molar-refractivity contribution in [3.05, 3.63) is 114 Å². The number of hydrogen-bond donors (Lipinski definition) is 1. The van der Waals surface area contributed by atoms with Crippen LogP contribution in [0.25, 0.3) is 54.6 Å². The predicted molar refractivity (Wildman–Crippen MR) is 178 cm³/mol. The highest BCUT2D eigenvalue weighted by Gasteiger charge is 2.62. The molecule has 3 heteroatoms. The summed E-state index contributed by atoms with van der Waals surface area (Å²) < 4.78 is 5.93. The highest BCUT2D eigenvalue weighted by Crippen LogP contribution is 2.71. The Morgan fingerprint density at radius 2 is 1.16 bits per heavy atom. The van der Waals surface area contributed by atoms with Crippen molar-refractivity contribution in [3.63, 3.8) is 0 Å². The van der Waals surface area contributed by atoms with Gasteiger partial charge < -0.3 is 9.68 Å². The third kappa shape index (κ3) is 3.04. The summed E-state index contributed by atoms with van der Waals surface area (Å²) in [6.07, 6.45) is 6.95. The molecule has 5 aliphatic carbocycles. The van der Waals surface area contributed by atoms with E-state index in [9.17, 15) is 5.02 Å². The molecule has 6 aromatic carbocycles. The van der Waals surface area contributed by atoms with E-state index in [1.165, 1.54) is 75.9 Å². The summed E-state index contributed by atoms with van der Waals surface area (Å²) in [6, 6.07) is 38.3. The van der Waals surface area contributed by atoms with Crippen LogP contribution in [0.1, 0.15) is 43.2 Å². The summed E-state index contributed by atoms with van der Waals surface area (Å²) in [5, 5.41) is 17.1. The van der Waals surface area contributed by atoms with Crippen molar-refractivity contribution in [3.8, 4) is 28.0 Å². The van der Waals surface area contributed by atoms with E-state index in [1.54, 1.807) is 11.1 Å². The molecular weight excluding hydrogens is 523 g/mol. The molecule has 0 radical (unpaired) electrons. The first-order chi connectivity index (χ1) is 21.3. The van der Waals surface area contributed by atoms with Gasteiger partial charge in [0.25, 0.3) is 0 Å². The zero-order valence-electron chi connectivity index (χ0n) is 24.2. The molecule has 0 amide bonds. The lowest BCUT2D eigenvalue weighted by Gasteiger charge is -2.61. The van der Waals surface area contributed by atoms with E-state index < -0.39 is 0 Å². The Morgan fingerprint density at radius 1 is 0.558 bits per heavy atom. The van der Waals surface area contributed by atoms with Gasteiger partial charge in [0.1, 0.15) is 5.75 Å². The molecule has 0 atom stereocenters.